The fourth-order valence-corrected chi connectivity index (χ4v) is 6.50. The molecule has 1 heteroatoms. The van der Waals surface area contributed by atoms with Crippen molar-refractivity contribution >= 4 is 0 Å². The summed E-state index contributed by atoms with van der Waals surface area (Å²) in [5, 5.41) is 0. The molecule has 4 rings (SSSR count). The van der Waals surface area contributed by atoms with Gasteiger partial charge in [0, 0.05) is 7.11 Å². The molecule has 0 aliphatic heterocycles. The summed E-state index contributed by atoms with van der Waals surface area (Å²) in [5.41, 5.74) is 4.93. The maximum absolute atomic E-state index is 5.66. The van der Waals surface area contributed by atoms with Crippen LogP contribution in [0.25, 0.3) is 0 Å². The van der Waals surface area contributed by atoms with Crippen molar-refractivity contribution in [2.75, 3.05) is 7.11 Å². The predicted octanol–water partition coefficient (Wildman–Crippen LogP) is 6.76. The van der Waals surface area contributed by atoms with Crippen molar-refractivity contribution in [3.05, 3.63) is 34.9 Å². The van der Waals surface area contributed by atoms with Gasteiger partial charge in [-0.05, 0) is 111 Å². The van der Waals surface area contributed by atoms with E-state index in [0.29, 0.717) is 6.10 Å². The Labute approximate surface area is 167 Å². The number of hydrogen-bond acceptors (Lipinski definition) is 1. The first-order valence-corrected chi connectivity index (χ1v) is 11.9. The minimum Gasteiger partial charge on any atom is -0.381 e. The molecule has 0 bridgehead atoms. The van der Waals surface area contributed by atoms with Gasteiger partial charge in [0.05, 0.1) is 6.10 Å². The van der Waals surface area contributed by atoms with E-state index in [0.717, 1.165) is 23.7 Å². The Morgan fingerprint density at radius 1 is 0.852 bits per heavy atom. The molecule has 0 saturated heterocycles. The first-order chi connectivity index (χ1) is 13.3. The van der Waals surface area contributed by atoms with Gasteiger partial charge in [-0.1, -0.05) is 38.0 Å². The Kier molecular flexibility index (Phi) is 6.58. The molecule has 3 aliphatic carbocycles. The molecule has 2 fully saturated rings. The molecular formula is C26H40O. The van der Waals surface area contributed by atoms with Gasteiger partial charge < -0.3 is 4.74 Å². The molecule has 0 spiro atoms. The lowest BCUT2D eigenvalue weighted by atomic mass is 9.62. The molecule has 3 aliphatic rings. The minimum atomic E-state index is 0.552. The summed E-state index contributed by atoms with van der Waals surface area (Å²) >= 11 is 0. The van der Waals surface area contributed by atoms with Gasteiger partial charge in [0.25, 0.3) is 0 Å². The smallest absolute Gasteiger partial charge is 0.0574 e. The lowest BCUT2D eigenvalue weighted by Crippen LogP contribution is -2.36. The second-order valence-corrected chi connectivity index (χ2v) is 9.83. The van der Waals surface area contributed by atoms with Crippen LogP contribution in [0.5, 0.6) is 0 Å². The number of unbranched alkanes of at least 4 members (excludes halogenated alkanes) is 2. The van der Waals surface area contributed by atoms with E-state index >= 15 is 0 Å². The molecule has 3 unspecified atom stereocenters. The third-order valence-electron chi connectivity index (χ3n) is 8.21. The summed E-state index contributed by atoms with van der Waals surface area (Å²) in [6.45, 7) is 2.30. The molecule has 2 saturated carbocycles. The molecule has 0 N–H and O–H groups in total. The van der Waals surface area contributed by atoms with Crippen LogP contribution >= 0.6 is 0 Å². The lowest BCUT2D eigenvalue weighted by molar-refractivity contribution is -0.000899. The van der Waals surface area contributed by atoms with E-state index in [9.17, 15) is 0 Å². The molecule has 1 aromatic rings. The average molecular weight is 369 g/mol. The van der Waals surface area contributed by atoms with E-state index in [2.05, 4.69) is 25.1 Å². The van der Waals surface area contributed by atoms with Gasteiger partial charge in [-0.15, -0.1) is 0 Å². The number of rotatable bonds is 6. The largest absolute Gasteiger partial charge is 0.381 e. The van der Waals surface area contributed by atoms with Crippen LogP contribution in [0.3, 0.4) is 0 Å². The van der Waals surface area contributed by atoms with Gasteiger partial charge in [-0.25, -0.2) is 0 Å². The number of benzene rings is 1. The lowest BCUT2D eigenvalue weighted by Gasteiger charge is -2.44. The number of hydrogen-bond donors (Lipinski definition) is 0. The number of methoxy groups -OCH3 is 1. The van der Waals surface area contributed by atoms with Gasteiger partial charge in [-0.3, -0.25) is 0 Å². The van der Waals surface area contributed by atoms with Crippen LogP contribution in [-0.4, -0.2) is 13.2 Å². The highest BCUT2D eigenvalue weighted by molar-refractivity contribution is 5.34. The van der Waals surface area contributed by atoms with Gasteiger partial charge in [-0.2, -0.15) is 0 Å². The maximum Gasteiger partial charge on any atom is 0.0574 e. The van der Waals surface area contributed by atoms with Crippen molar-refractivity contribution in [3.63, 3.8) is 0 Å². The molecule has 5 atom stereocenters. The Morgan fingerprint density at radius 3 is 2.44 bits per heavy atom. The van der Waals surface area contributed by atoms with E-state index in [-0.39, 0.29) is 0 Å². The van der Waals surface area contributed by atoms with Gasteiger partial charge in [0.1, 0.15) is 0 Å². The molecule has 0 heterocycles. The highest BCUT2D eigenvalue weighted by atomic mass is 16.5. The SMILES string of the molecule is CCCCCc1ccc2c(c1)CCC(C1CCC3C[C@H](OC)CC[C@@H]3C1)C2. The van der Waals surface area contributed by atoms with Crippen LogP contribution < -0.4 is 0 Å². The van der Waals surface area contributed by atoms with Crippen LogP contribution in [0, 0.1) is 23.7 Å². The fraction of sp³-hybridized carbons (Fsp3) is 0.769. The quantitative estimate of drug-likeness (QED) is 0.504. The first-order valence-electron chi connectivity index (χ1n) is 11.9. The van der Waals surface area contributed by atoms with E-state index in [1.165, 1.54) is 83.5 Å². The summed E-state index contributed by atoms with van der Waals surface area (Å²) < 4.78 is 5.66. The Morgan fingerprint density at radius 2 is 1.63 bits per heavy atom. The molecule has 0 amide bonds. The van der Waals surface area contributed by atoms with E-state index in [1.807, 2.05) is 7.11 Å². The molecule has 27 heavy (non-hydrogen) atoms. The zero-order chi connectivity index (χ0) is 18.6. The molecule has 0 aromatic heterocycles. The summed E-state index contributed by atoms with van der Waals surface area (Å²) in [5.74, 6) is 3.89. The Hall–Kier alpha value is -0.820. The predicted molar refractivity (Wildman–Crippen MR) is 114 cm³/mol. The monoisotopic (exact) mass is 368 g/mol. The van der Waals surface area contributed by atoms with Gasteiger partial charge >= 0.3 is 0 Å². The second-order valence-electron chi connectivity index (χ2n) is 9.83. The third kappa shape index (κ3) is 4.61. The topological polar surface area (TPSA) is 9.23 Å². The van der Waals surface area contributed by atoms with Crippen molar-refractivity contribution in [2.24, 2.45) is 23.7 Å². The zero-order valence-electron chi connectivity index (χ0n) is 17.7. The van der Waals surface area contributed by atoms with Crippen molar-refractivity contribution in [1.29, 1.82) is 0 Å². The van der Waals surface area contributed by atoms with Gasteiger partial charge in [0.15, 0.2) is 0 Å². The number of ether oxygens (including phenoxy) is 1. The molecule has 1 aromatic carbocycles. The summed E-state index contributed by atoms with van der Waals surface area (Å²) in [6.07, 6.45) is 18.5. The summed E-state index contributed by atoms with van der Waals surface area (Å²) in [7, 11) is 1.91. The Balaban J connectivity index is 1.33. The van der Waals surface area contributed by atoms with Gasteiger partial charge in [0.2, 0.25) is 0 Å². The highest BCUT2D eigenvalue weighted by Crippen LogP contribution is 2.47. The standard InChI is InChI=1S/C26H40O/c1-3-4-5-6-19-7-8-21-16-22(10-9-20(21)15-19)23-11-12-25-18-26(27-2)14-13-24(25)17-23/h7-8,15,22-26H,3-6,9-14,16-18H2,1-2H3/t22?,23?,24-,25?,26-/m1/s1. The summed E-state index contributed by atoms with van der Waals surface area (Å²) in [6, 6.07) is 7.46. The average Bonchev–Trinajstić information content (AvgIpc) is 2.72. The highest BCUT2D eigenvalue weighted by Gasteiger charge is 2.38. The molecule has 1 nitrogen and oxygen atoms in total. The molecule has 0 radical (unpaired) electrons. The number of aryl methyl sites for hydroxylation is 2. The van der Waals surface area contributed by atoms with Crippen LogP contribution in [0.15, 0.2) is 18.2 Å². The second kappa shape index (κ2) is 9.12. The van der Waals surface area contributed by atoms with E-state index in [4.69, 9.17) is 4.74 Å². The van der Waals surface area contributed by atoms with Crippen molar-refractivity contribution < 1.29 is 4.74 Å². The van der Waals surface area contributed by atoms with Crippen LogP contribution in [0.1, 0.15) is 87.8 Å². The summed E-state index contributed by atoms with van der Waals surface area (Å²) in [4.78, 5) is 0. The van der Waals surface area contributed by atoms with Crippen molar-refractivity contribution in [3.8, 4) is 0 Å². The van der Waals surface area contributed by atoms with Crippen LogP contribution in [-0.2, 0) is 24.0 Å². The fourth-order valence-electron chi connectivity index (χ4n) is 6.50. The van der Waals surface area contributed by atoms with Crippen molar-refractivity contribution in [2.45, 2.75) is 96.5 Å². The van der Waals surface area contributed by atoms with Crippen LogP contribution in [0.2, 0.25) is 0 Å². The maximum atomic E-state index is 5.66. The first kappa shape index (κ1) is 19.5. The van der Waals surface area contributed by atoms with Crippen molar-refractivity contribution in [1.82, 2.24) is 0 Å². The number of fused-ring (bicyclic) bond motifs is 2. The zero-order valence-corrected chi connectivity index (χ0v) is 17.7. The molecule has 150 valence electrons. The third-order valence-corrected chi connectivity index (χ3v) is 8.21. The Bertz CT molecular complexity index is 606. The normalized spacial score (nSPS) is 33.3. The van der Waals surface area contributed by atoms with Crippen LogP contribution in [0.4, 0.5) is 0 Å². The van der Waals surface area contributed by atoms with E-state index in [1.54, 1.807) is 16.7 Å². The minimum absolute atomic E-state index is 0.552. The van der Waals surface area contributed by atoms with E-state index < -0.39 is 0 Å². The molecular weight excluding hydrogens is 328 g/mol.